The topological polar surface area (TPSA) is 93.2 Å². The van der Waals surface area contributed by atoms with Gasteiger partial charge in [0.05, 0.1) is 5.69 Å². The maximum atomic E-state index is 11.9. The number of fused-ring (bicyclic) bond motifs is 1. The second kappa shape index (κ2) is 6.74. The Hall–Kier alpha value is -2.96. The van der Waals surface area contributed by atoms with Gasteiger partial charge in [-0.2, -0.15) is 0 Å². The van der Waals surface area contributed by atoms with Gasteiger partial charge in [-0.25, -0.2) is 14.8 Å². The summed E-state index contributed by atoms with van der Waals surface area (Å²) in [7, 11) is 0. The Morgan fingerprint density at radius 1 is 1.23 bits per heavy atom. The number of aromatic nitrogens is 2. The molecule has 0 fully saturated rings. The molecule has 0 saturated heterocycles. The lowest BCUT2D eigenvalue weighted by Crippen LogP contribution is -2.27. The molecule has 2 aromatic rings. The first-order chi connectivity index (χ1) is 12.2. The number of nitrogens with one attached hydrogen (secondary N) is 2. The van der Waals surface area contributed by atoms with Gasteiger partial charge in [-0.1, -0.05) is 19.1 Å². The van der Waals surface area contributed by atoms with Crippen molar-refractivity contribution in [3.8, 4) is 11.3 Å². The summed E-state index contributed by atoms with van der Waals surface area (Å²) in [4.78, 5) is 32.1. The van der Waals surface area contributed by atoms with E-state index in [1.807, 2.05) is 39.8 Å². The Morgan fingerprint density at radius 3 is 2.58 bits per heavy atom. The quantitative estimate of drug-likeness (QED) is 0.852. The predicted octanol–water partition coefficient (Wildman–Crippen LogP) is 3.94. The summed E-state index contributed by atoms with van der Waals surface area (Å²) in [6, 6.07) is 7.33. The summed E-state index contributed by atoms with van der Waals surface area (Å²) >= 11 is 0. The molecule has 0 bridgehead atoms. The summed E-state index contributed by atoms with van der Waals surface area (Å²) in [5.74, 6) is 0.566. The van der Waals surface area contributed by atoms with Crippen LogP contribution >= 0.6 is 0 Å². The van der Waals surface area contributed by atoms with Crippen molar-refractivity contribution in [2.75, 3.05) is 10.6 Å². The summed E-state index contributed by atoms with van der Waals surface area (Å²) in [5.41, 5.74) is 2.69. The normalized spacial score (nSPS) is 16.5. The average molecular weight is 354 g/mol. The van der Waals surface area contributed by atoms with Gasteiger partial charge in [0.15, 0.2) is 0 Å². The maximum Gasteiger partial charge on any atom is 0.412 e. The number of anilines is 2. The minimum absolute atomic E-state index is 0.0356. The number of carbonyl (C=O) groups excluding carboxylic acids is 2. The van der Waals surface area contributed by atoms with E-state index >= 15 is 0 Å². The van der Waals surface area contributed by atoms with Crippen molar-refractivity contribution in [1.29, 1.82) is 0 Å². The Morgan fingerprint density at radius 2 is 1.92 bits per heavy atom. The molecule has 3 rings (SSSR count). The van der Waals surface area contributed by atoms with Gasteiger partial charge in [0.1, 0.15) is 17.7 Å². The van der Waals surface area contributed by atoms with Gasteiger partial charge < -0.3 is 10.1 Å². The van der Waals surface area contributed by atoms with Crippen LogP contribution in [0.1, 0.15) is 45.6 Å². The van der Waals surface area contributed by atoms with Crippen LogP contribution in [-0.2, 0) is 9.53 Å². The zero-order valence-electron chi connectivity index (χ0n) is 15.3. The SMILES string of the molecule is C[C@@H]1CC(=O)Nc2ncnc(-c3ccc(NC(=O)OC(C)(C)C)cc3)c21. The van der Waals surface area contributed by atoms with E-state index in [4.69, 9.17) is 4.74 Å². The predicted molar refractivity (Wildman–Crippen MR) is 99.0 cm³/mol. The Kier molecular flexibility index (Phi) is 4.63. The highest BCUT2D eigenvalue weighted by atomic mass is 16.6. The third-order valence-corrected chi connectivity index (χ3v) is 3.93. The number of ether oxygens (including phenoxy) is 1. The first-order valence-electron chi connectivity index (χ1n) is 8.48. The van der Waals surface area contributed by atoms with Crippen LogP contribution in [0.2, 0.25) is 0 Å². The summed E-state index contributed by atoms with van der Waals surface area (Å²) < 4.78 is 5.24. The van der Waals surface area contributed by atoms with Crippen LogP contribution in [0.25, 0.3) is 11.3 Å². The molecule has 0 radical (unpaired) electrons. The fourth-order valence-electron chi connectivity index (χ4n) is 2.89. The molecule has 2 heterocycles. The van der Waals surface area contributed by atoms with Crippen molar-refractivity contribution >= 4 is 23.5 Å². The summed E-state index contributed by atoms with van der Waals surface area (Å²) in [6.07, 6.45) is 1.35. The number of carbonyl (C=O) groups is 2. The number of hydrogen-bond donors (Lipinski definition) is 2. The summed E-state index contributed by atoms with van der Waals surface area (Å²) in [5, 5.41) is 5.50. The highest BCUT2D eigenvalue weighted by Gasteiger charge is 2.26. The number of benzene rings is 1. The van der Waals surface area contributed by atoms with Crippen molar-refractivity contribution < 1.29 is 14.3 Å². The van der Waals surface area contributed by atoms with Crippen molar-refractivity contribution in [2.45, 2.75) is 45.6 Å². The average Bonchev–Trinajstić information content (AvgIpc) is 2.53. The van der Waals surface area contributed by atoms with Gasteiger partial charge >= 0.3 is 6.09 Å². The molecule has 0 unspecified atom stereocenters. The molecule has 136 valence electrons. The lowest BCUT2D eigenvalue weighted by Gasteiger charge is -2.23. The number of amides is 2. The zero-order valence-corrected chi connectivity index (χ0v) is 15.3. The summed E-state index contributed by atoms with van der Waals surface area (Å²) in [6.45, 7) is 7.43. The van der Waals surface area contributed by atoms with E-state index in [0.29, 0.717) is 17.9 Å². The lowest BCUT2D eigenvalue weighted by molar-refractivity contribution is -0.116. The second-order valence-corrected chi connectivity index (χ2v) is 7.34. The molecule has 2 amide bonds. The van der Waals surface area contributed by atoms with Crippen LogP contribution in [0.3, 0.4) is 0 Å². The minimum Gasteiger partial charge on any atom is -0.444 e. The highest BCUT2D eigenvalue weighted by molar-refractivity contribution is 5.95. The number of nitrogens with zero attached hydrogens (tertiary/aromatic N) is 2. The lowest BCUT2D eigenvalue weighted by atomic mass is 9.90. The monoisotopic (exact) mass is 354 g/mol. The molecule has 7 nitrogen and oxygen atoms in total. The Balaban J connectivity index is 1.83. The van der Waals surface area contributed by atoms with Crippen LogP contribution in [0.15, 0.2) is 30.6 Å². The van der Waals surface area contributed by atoms with Crippen LogP contribution in [0.4, 0.5) is 16.3 Å². The molecule has 1 aromatic heterocycles. The molecule has 1 aliphatic rings. The molecule has 7 heteroatoms. The minimum atomic E-state index is -0.551. The van der Waals surface area contributed by atoms with E-state index in [2.05, 4.69) is 20.6 Å². The van der Waals surface area contributed by atoms with Crippen molar-refractivity contribution in [3.05, 3.63) is 36.2 Å². The van der Waals surface area contributed by atoms with E-state index in [1.54, 1.807) is 12.1 Å². The third-order valence-electron chi connectivity index (χ3n) is 3.93. The van der Waals surface area contributed by atoms with E-state index in [-0.39, 0.29) is 11.8 Å². The van der Waals surface area contributed by atoms with Gasteiger partial charge in [-0.3, -0.25) is 10.1 Å². The van der Waals surface area contributed by atoms with Crippen LogP contribution in [0.5, 0.6) is 0 Å². The second-order valence-electron chi connectivity index (χ2n) is 7.34. The largest absolute Gasteiger partial charge is 0.444 e. The van der Waals surface area contributed by atoms with Crippen LogP contribution in [-0.4, -0.2) is 27.6 Å². The molecular formula is C19H22N4O3. The van der Waals surface area contributed by atoms with E-state index in [1.165, 1.54) is 6.33 Å². The van der Waals surface area contributed by atoms with E-state index < -0.39 is 11.7 Å². The molecular weight excluding hydrogens is 332 g/mol. The number of hydrogen-bond acceptors (Lipinski definition) is 5. The zero-order chi connectivity index (χ0) is 18.9. The molecule has 1 aromatic carbocycles. The fraction of sp³-hybridized carbons (Fsp3) is 0.368. The van der Waals surface area contributed by atoms with Crippen LogP contribution < -0.4 is 10.6 Å². The maximum absolute atomic E-state index is 11.9. The van der Waals surface area contributed by atoms with Crippen molar-refractivity contribution in [3.63, 3.8) is 0 Å². The first-order valence-corrected chi connectivity index (χ1v) is 8.48. The third kappa shape index (κ3) is 3.99. The van der Waals surface area contributed by atoms with Gasteiger partial charge in [0.2, 0.25) is 5.91 Å². The molecule has 1 aliphatic heterocycles. The standard InChI is InChI=1S/C19H22N4O3/c1-11-9-14(24)23-17-15(11)16(20-10-21-17)12-5-7-13(8-6-12)22-18(25)26-19(2,3)4/h5-8,10-11H,9H2,1-4H3,(H,22,25)(H,20,21,23,24)/t11-/m1/s1. The van der Waals surface area contributed by atoms with Gasteiger partial charge in [-0.15, -0.1) is 0 Å². The Labute approximate surface area is 152 Å². The number of rotatable bonds is 2. The van der Waals surface area contributed by atoms with Crippen molar-refractivity contribution in [2.24, 2.45) is 0 Å². The van der Waals surface area contributed by atoms with Gasteiger partial charge in [-0.05, 0) is 38.8 Å². The molecule has 26 heavy (non-hydrogen) atoms. The van der Waals surface area contributed by atoms with E-state index in [0.717, 1.165) is 16.8 Å². The molecule has 2 N–H and O–H groups in total. The molecule has 0 aliphatic carbocycles. The van der Waals surface area contributed by atoms with Gasteiger partial charge in [0.25, 0.3) is 0 Å². The van der Waals surface area contributed by atoms with E-state index in [9.17, 15) is 9.59 Å². The van der Waals surface area contributed by atoms with Crippen LogP contribution in [0, 0.1) is 0 Å². The van der Waals surface area contributed by atoms with Gasteiger partial charge in [0, 0.05) is 23.2 Å². The highest BCUT2D eigenvalue weighted by Crippen LogP contribution is 2.36. The Bertz CT molecular complexity index is 841. The molecule has 0 saturated carbocycles. The first kappa shape index (κ1) is 17.8. The molecule has 1 atom stereocenters. The van der Waals surface area contributed by atoms with Crippen molar-refractivity contribution in [1.82, 2.24) is 9.97 Å². The molecule has 0 spiro atoms. The fourth-order valence-corrected chi connectivity index (χ4v) is 2.89. The smallest absolute Gasteiger partial charge is 0.412 e.